The molecular formula is C11H14N2O. The van der Waals surface area contributed by atoms with Crippen molar-refractivity contribution in [1.82, 2.24) is 5.32 Å². The molecule has 2 atom stereocenters. The first-order valence-corrected chi connectivity index (χ1v) is 4.86. The van der Waals surface area contributed by atoms with E-state index in [9.17, 15) is 4.79 Å². The predicted octanol–water partition coefficient (Wildman–Crippen LogP) is 0.617. The van der Waals surface area contributed by atoms with Crippen LogP contribution >= 0.6 is 0 Å². The van der Waals surface area contributed by atoms with Gasteiger partial charge < -0.3 is 11.1 Å². The van der Waals surface area contributed by atoms with Gasteiger partial charge in [-0.25, -0.2) is 0 Å². The summed E-state index contributed by atoms with van der Waals surface area (Å²) in [5, 5.41) is 3.13. The molecule has 1 aromatic carbocycles. The molecule has 1 aliphatic rings. The second-order valence-electron chi connectivity index (χ2n) is 3.64. The average Bonchev–Trinajstić information content (AvgIpc) is 2.67. The van der Waals surface area contributed by atoms with Gasteiger partial charge >= 0.3 is 0 Å². The summed E-state index contributed by atoms with van der Waals surface area (Å²) in [6, 6.07) is 9.86. The number of hydrogen-bond donors (Lipinski definition) is 2. The third-order valence-corrected chi connectivity index (χ3v) is 2.76. The molecule has 3 heteroatoms. The summed E-state index contributed by atoms with van der Waals surface area (Å²) in [4.78, 5) is 11.1. The highest BCUT2D eigenvalue weighted by molar-refractivity contribution is 5.81. The smallest absolute Gasteiger partial charge is 0.235 e. The van der Waals surface area contributed by atoms with E-state index in [1.54, 1.807) is 0 Å². The third kappa shape index (κ3) is 1.63. The van der Waals surface area contributed by atoms with Crippen molar-refractivity contribution in [3.63, 3.8) is 0 Å². The molecule has 0 radical (unpaired) electrons. The molecule has 1 amide bonds. The molecule has 0 aromatic heterocycles. The fraction of sp³-hybridized carbons (Fsp3) is 0.364. The number of primary amides is 1. The Hall–Kier alpha value is -1.35. The Morgan fingerprint density at radius 1 is 1.36 bits per heavy atom. The third-order valence-electron chi connectivity index (χ3n) is 2.76. The van der Waals surface area contributed by atoms with Crippen molar-refractivity contribution in [3.05, 3.63) is 35.9 Å². The van der Waals surface area contributed by atoms with Gasteiger partial charge in [0, 0.05) is 5.92 Å². The molecule has 0 bridgehead atoms. The zero-order valence-corrected chi connectivity index (χ0v) is 7.94. The zero-order valence-electron chi connectivity index (χ0n) is 7.94. The molecule has 1 aromatic rings. The molecule has 14 heavy (non-hydrogen) atoms. The van der Waals surface area contributed by atoms with E-state index in [0.29, 0.717) is 0 Å². The van der Waals surface area contributed by atoms with Crippen LogP contribution in [0.3, 0.4) is 0 Å². The maximum absolute atomic E-state index is 11.1. The van der Waals surface area contributed by atoms with Gasteiger partial charge in [0.05, 0.1) is 6.04 Å². The van der Waals surface area contributed by atoms with E-state index >= 15 is 0 Å². The lowest BCUT2D eigenvalue weighted by Crippen LogP contribution is -2.39. The van der Waals surface area contributed by atoms with E-state index in [1.165, 1.54) is 5.56 Å². The van der Waals surface area contributed by atoms with Crippen molar-refractivity contribution in [2.24, 2.45) is 5.73 Å². The summed E-state index contributed by atoms with van der Waals surface area (Å²) in [6.07, 6.45) is 0.984. The van der Waals surface area contributed by atoms with E-state index in [0.717, 1.165) is 13.0 Å². The summed E-state index contributed by atoms with van der Waals surface area (Å²) in [5.41, 5.74) is 6.52. The van der Waals surface area contributed by atoms with Gasteiger partial charge in [-0.1, -0.05) is 30.3 Å². The summed E-state index contributed by atoms with van der Waals surface area (Å²) < 4.78 is 0. The van der Waals surface area contributed by atoms with E-state index < -0.39 is 0 Å². The standard InChI is InChI=1S/C11H14N2O/c12-11(14)10-9(6-7-13-10)8-4-2-1-3-5-8/h1-5,9-10,13H,6-7H2,(H2,12,14). The van der Waals surface area contributed by atoms with Gasteiger partial charge in [0.1, 0.15) is 0 Å². The Labute approximate surface area is 83.3 Å². The molecular weight excluding hydrogens is 176 g/mol. The van der Waals surface area contributed by atoms with Crippen molar-refractivity contribution < 1.29 is 4.79 Å². The largest absolute Gasteiger partial charge is 0.368 e. The molecule has 1 fully saturated rings. The molecule has 0 saturated carbocycles. The van der Waals surface area contributed by atoms with Crippen LogP contribution in [0.1, 0.15) is 17.9 Å². The van der Waals surface area contributed by atoms with Gasteiger partial charge in [0.25, 0.3) is 0 Å². The lowest BCUT2D eigenvalue weighted by molar-refractivity contribution is -0.119. The molecule has 0 spiro atoms. The first kappa shape index (κ1) is 9.21. The monoisotopic (exact) mass is 190 g/mol. The number of hydrogen-bond acceptors (Lipinski definition) is 2. The fourth-order valence-corrected chi connectivity index (χ4v) is 2.06. The highest BCUT2D eigenvalue weighted by atomic mass is 16.1. The van der Waals surface area contributed by atoms with Gasteiger partial charge in [-0.2, -0.15) is 0 Å². The van der Waals surface area contributed by atoms with Gasteiger partial charge in [-0.3, -0.25) is 4.79 Å². The van der Waals surface area contributed by atoms with Crippen LogP contribution in [-0.4, -0.2) is 18.5 Å². The molecule has 3 nitrogen and oxygen atoms in total. The van der Waals surface area contributed by atoms with Crippen molar-refractivity contribution in [2.75, 3.05) is 6.54 Å². The van der Waals surface area contributed by atoms with E-state index in [2.05, 4.69) is 5.32 Å². The summed E-state index contributed by atoms with van der Waals surface area (Å²) in [6.45, 7) is 0.868. The molecule has 74 valence electrons. The Balaban J connectivity index is 2.22. The molecule has 1 heterocycles. The highest BCUT2D eigenvalue weighted by Crippen LogP contribution is 2.27. The van der Waals surface area contributed by atoms with E-state index in [4.69, 9.17) is 5.73 Å². The summed E-state index contributed by atoms with van der Waals surface area (Å²) in [7, 11) is 0. The number of benzene rings is 1. The first-order chi connectivity index (χ1) is 6.79. The van der Waals surface area contributed by atoms with Crippen molar-refractivity contribution in [1.29, 1.82) is 0 Å². The Bertz CT molecular complexity index is 323. The SMILES string of the molecule is NC(=O)C1NCCC1c1ccccc1. The number of amides is 1. The molecule has 2 unspecified atom stereocenters. The average molecular weight is 190 g/mol. The molecule has 1 saturated heterocycles. The van der Waals surface area contributed by atoms with E-state index in [-0.39, 0.29) is 17.9 Å². The normalized spacial score (nSPS) is 26.3. The van der Waals surface area contributed by atoms with Crippen molar-refractivity contribution >= 4 is 5.91 Å². The molecule has 2 rings (SSSR count). The van der Waals surface area contributed by atoms with Gasteiger partial charge in [-0.05, 0) is 18.5 Å². The van der Waals surface area contributed by atoms with Crippen LogP contribution in [-0.2, 0) is 4.79 Å². The Morgan fingerprint density at radius 3 is 2.71 bits per heavy atom. The van der Waals surface area contributed by atoms with Crippen LogP contribution in [0.25, 0.3) is 0 Å². The summed E-state index contributed by atoms with van der Waals surface area (Å²) in [5.74, 6) is -0.00921. The maximum atomic E-state index is 11.1. The number of carbonyl (C=O) groups excluding carboxylic acids is 1. The van der Waals surface area contributed by atoms with Crippen LogP contribution in [0, 0.1) is 0 Å². The number of carbonyl (C=O) groups is 1. The van der Waals surface area contributed by atoms with E-state index in [1.807, 2.05) is 30.3 Å². The van der Waals surface area contributed by atoms with Crippen molar-refractivity contribution in [3.8, 4) is 0 Å². The number of rotatable bonds is 2. The number of nitrogens with two attached hydrogens (primary N) is 1. The topological polar surface area (TPSA) is 55.1 Å². The molecule has 0 aliphatic carbocycles. The zero-order chi connectivity index (χ0) is 9.97. The maximum Gasteiger partial charge on any atom is 0.235 e. The Morgan fingerprint density at radius 2 is 2.07 bits per heavy atom. The molecule has 3 N–H and O–H groups in total. The van der Waals surface area contributed by atoms with Crippen LogP contribution in [0.15, 0.2) is 30.3 Å². The quantitative estimate of drug-likeness (QED) is 0.718. The van der Waals surface area contributed by atoms with Crippen LogP contribution in [0.4, 0.5) is 0 Å². The minimum atomic E-state index is -0.253. The fourth-order valence-electron chi connectivity index (χ4n) is 2.06. The highest BCUT2D eigenvalue weighted by Gasteiger charge is 2.31. The molecule has 1 aliphatic heterocycles. The minimum absolute atomic E-state index is 0.197. The van der Waals surface area contributed by atoms with Gasteiger partial charge in [0.2, 0.25) is 5.91 Å². The van der Waals surface area contributed by atoms with Crippen LogP contribution in [0.5, 0.6) is 0 Å². The number of nitrogens with one attached hydrogen (secondary N) is 1. The summed E-state index contributed by atoms with van der Waals surface area (Å²) >= 11 is 0. The van der Waals surface area contributed by atoms with Gasteiger partial charge in [0.15, 0.2) is 0 Å². The van der Waals surface area contributed by atoms with Gasteiger partial charge in [-0.15, -0.1) is 0 Å². The minimum Gasteiger partial charge on any atom is -0.368 e. The predicted molar refractivity (Wildman–Crippen MR) is 54.8 cm³/mol. The van der Waals surface area contributed by atoms with Crippen LogP contribution < -0.4 is 11.1 Å². The lowest BCUT2D eigenvalue weighted by atomic mass is 9.92. The Kier molecular flexibility index (Phi) is 2.50. The first-order valence-electron chi connectivity index (χ1n) is 4.86. The van der Waals surface area contributed by atoms with Crippen molar-refractivity contribution in [2.45, 2.75) is 18.4 Å². The second kappa shape index (κ2) is 3.80. The second-order valence-corrected chi connectivity index (χ2v) is 3.64. The lowest BCUT2D eigenvalue weighted by Gasteiger charge is -2.16. The van der Waals surface area contributed by atoms with Crippen LogP contribution in [0.2, 0.25) is 0 Å².